The van der Waals surface area contributed by atoms with Crippen LogP contribution in [-0.4, -0.2) is 28.9 Å². The van der Waals surface area contributed by atoms with Crippen LogP contribution in [-0.2, 0) is 0 Å². The normalized spacial score (nSPS) is 12.6. The van der Waals surface area contributed by atoms with E-state index in [4.69, 9.17) is 0 Å². The second kappa shape index (κ2) is 6.81. The molecule has 0 saturated heterocycles. The van der Waals surface area contributed by atoms with Crippen LogP contribution in [0, 0.1) is 5.82 Å². The molecule has 0 saturated carbocycles. The van der Waals surface area contributed by atoms with E-state index in [0.717, 1.165) is 41.8 Å². The van der Waals surface area contributed by atoms with Gasteiger partial charge >= 0.3 is 18.0 Å². The largest absolute Gasteiger partial charge is 0.439 e. The summed E-state index contributed by atoms with van der Waals surface area (Å²) in [6.45, 7) is 0. The molecule has 0 aliphatic heterocycles. The van der Waals surface area contributed by atoms with Crippen molar-refractivity contribution in [2.45, 2.75) is 18.0 Å². The lowest BCUT2D eigenvalue weighted by molar-refractivity contribution is -0.294. The molecule has 0 bridgehead atoms. The van der Waals surface area contributed by atoms with Gasteiger partial charge in [-0.05, 0) is 30.3 Å². The summed E-state index contributed by atoms with van der Waals surface area (Å²) in [7, 11) is 0. The Bertz CT molecular complexity index is 761. The van der Waals surface area contributed by atoms with E-state index in [2.05, 4.69) is 4.98 Å². The van der Waals surface area contributed by atoms with Crippen molar-refractivity contribution in [2.75, 3.05) is 5.32 Å². The Morgan fingerprint density at radius 2 is 1.62 bits per heavy atom. The van der Waals surface area contributed by atoms with E-state index in [1.807, 2.05) is 0 Å². The standard InChI is InChI=1S/C15H10F7N3O/c16-10-4-1-5-11(7-10)24-13(14(17,18)19,15(20,21)22)25-12(26)9-3-2-6-23-8-9/h1-8,24H,(H,25,26). The molecular formula is C15H10F7N3O. The Morgan fingerprint density at radius 1 is 0.962 bits per heavy atom. The van der Waals surface area contributed by atoms with Crippen molar-refractivity contribution < 1.29 is 35.5 Å². The van der Waals surface area contributed by atoms with Crippen molar-refractivity contribution in [3.8, 4) is 0 Å². The number of aromatic nitrogens is 1. The third kappa shape index (κ3) is 3.86. The number of nitrogens with zero attached hydrogens (tertiary/aromatic N) is 1. The molecule has 0 fully saturated rings. The zero-order valence-electron chi connectivity index (χ0n) is 12.6. The molecule has 0 unspecified atom stereocenters. The maximum Gasteiger partial charge on any atom is 0.439 e. The SMILES string of the molecule is O=C(NC(Nc1cccc(F)c1)(C(F)(F)F)C(F)(F)F)c1cccnc1. The Balaban J connectivity index is 2.51. The Hall–Kier alpha value is -2.85. The first-order valence-corrected chi connectivity index (χ1v) is 6.86. The molecule has 2 aromatic rings. The smallest absolute Gasteiger partial charge is 0.348 e. The van der Waals surface area contributed by atoms with Gasteiger partial charge in [0.15, 0.2) is 0 Å². The first-order valence-electron chi connectivity index (χ1n) is 6.86. The van der Waals surface area contributed by atoms with Gasteiger partial charge in [0.2, 0.25) is 0 Å². The predicted octanol–water partition coefficient (Wildman–Crippen LogP) is 3.88. The number of rotatable bonds is 4. The summed E-state index contributed by atoms with van der Waals surface area (Å²) in [5.74, 6) is -2.73. The first-order chi connectivity index (χ1) is 12.0. The van der Waals surface area contributed by atoms with Crippen LogP contribution in [0.1, 0.15) is 10.4 Å². The van der Waals surface area contributed by atoms with Gasteiger partial charge in [0.05, 0.1) is 5.56 Å². The Morgan fingerprint density at radius 3 is 2.12 bits per heavy atom. The second-order valence-corrected chi connectivity index (χ2v) is 5.08. The number of carbonyl (C=O) groups is 1. The molecule has 0 aliphatic rings. The topological polar surface area (TPSA) is 54.0 Å². The number of hydrogen-bond acceptors (Lipinski definition) is 3. The third-order valence-electron chi connectivity index (χ3n) is 3.23. The summed E-state index contributed by atoms with van der Waals surface area (Å²) in [6.07, 6.45) is -10.0. The Labute approximate surface area is 142 Å². The van der Waals surface area contributed by atoms with Crippen LogP contribution >= 0.6 is 0 Å². The molecule has 1 heterocycles. The fraction of sp³-hybridized carbons (Fsp3) is 0.200. The maximum atomic E-state index is 13.4. The van der Waals surface area contributed by atoms with Gasteiger partial charge in [-0.1, -0.05) is 6.07 Å². The average Bonchev–Trinajstić information content (AvgIpc) is 2.53. The van der Waals surface area contributed by atoms with Gasteiger partial charge in [0, 0.05) is 18.1 Å². The van der Waals surface area contributed by atoms with Crippen LogP contribution in [0.2, 0.25) is 0 Å². The number of halogens is 7. The number of benzene rings is 1. The van der Waals surface area contributed by atoms with Crippen LogP contribution in [0.15, 0.2) is 48.8 Å². The van der Waals surface area contributed by atoms with Gasteiger partial charge in [0.1, 0.15) is 5.82 Å². The summed E-state index contributed by atoms with van der Waals surface area (Å²) in [5, 5.41) is 2.10. The first kappa shape index (κ1) is 19.5. The van der Waals surface area contributed by atoms with E-state index in [1.54, 1.807) is 0 Å². The monoisotopic (exact) mass is 381 g/mol. The lowest BCUT2D eigenvalue weighted by Crippen LogP contribution is -2.72. The van der Waals surface area contributed by atoms with E-state index < -0.39 is 41.0 Å². The molecule has 1 aromatic heterocycles. The minimum absolute atomic E-state index is 0.433. The zero-order valence-corrected chi connectivity index (χ0v) is 12.6. The number of alkyl halides is 6. The average molecular weight is 381 g/mol. The zero-order chi connectivity index (χ0) is 19.6. The summed E-state index contributed by atoms with van der Waals surface area (Å²) in [6, 6.07) is 5.13. The van der Waals surface area contributed by atoms with Crippen LogP contribution in [0.25, 0.3) is 0 Å². The van der Waals surface area contributed by atoms with Crippen molar-refractivity contribution in [1.82, 2.24) is 10.3 Å². The number of amides is 1. The molecule has 4 nitrogen and oxygen atoms in total. The number of hydrogen-bond donors (Lipinski definition) is 2. The third-order valence-corrected chi connectivity index (χ3v) is 3.23. The summed E-state index contributed by atoms with van der Waals surface area (Å²) >= 11 is 0. The van der Waals surface area contributed by atoms with E-state index in [1.165, 1.54) is 11.5 Å². The van der Waals surface area contributed by atoms with Crippen LogP contribution < -0.4 is 10.6 Å². The molecule has 2 N–H and O–H groups in total. The quantitative estimate of drug-likeness (QED) is 0.624. The molecule has 2 rings (SSSR count). The highest BCUT2D eigenvalue weighted by molar-refractivity contribution is 5.94. The highest BCUT2D eigenvalue weighted by Gasteiger charge is 2.72. The van der Waals surface area contributed by atoms with Gasteiger partial charge in [-0.3, -0.25) is 9.78 Å². The van der Waals surface area contributed by atoms with Crippen LogP contribution in [0.5, 0.6) is 0 Å². The molecule has 0 spiro atoms. The minimum atomic E-state index is -6.00. The molecule has 26 heavy (non-hydrogen) atoms. The van der Waals surface area contributed by atoms with Gasteiger partial charge in [-0.15, -0.1) is 0 Å². The second-order valence-electron chi connectivity index (χ2n) is 5.08. The molecule has 1 aromatic carbocycles. The lowest BCUT2D eigenvalue weighted by Gasteiger charge is -2.38. The summed E-state index contributed by atoms with van der Waals surface area (Å²) < 4.78 is 93.7. The highest BCUT2D eigenvalue weighted by Crippen LogP contribution is 2.43. The predicted molar refractivity (Wildman–Crippen MR) is 76.6 cm³/mol. The van der Waals surface area contributed by atoms with E-state index in [-0.39, 0.29) is 0 Å². The maximum absolute atomic E-state index is 13.4. The van der Waals surface area contributed by atoms with Crippen molar-refractivity contribution in [1.29, 1.82) is 0 Å². The fourth-order valence-electron chi connectivity index (χ4n) is 2.00. The number of carbonyl (C=O) groups excluding carboxylic acids is 1. The van der Waals surface area contributed by atoms with Crippen molar-refractivity contribution >= 4 is 11.6 Å². The van der Waals surface area contributed by atoms with E-state index in [0.29, 0.717) is 6.07 Å². The van der Waals surface area contributed by atoms with Gasteiger partial charge in [0.25, 0.3) is 5.91 Å². The Kier molecular flexibility index (Phi) is 5.10. The summed E-state index contributed by atoms with van der Waals surface area (Å²) in [5.41, 5.74) is -6.20. The number of anilines is 1. The van der Waals surface area contributed by atoms with Crippen molar-refractivity contribution in [3.63, 3.8) is 0 Å². The molecular weight excluding hydrogens is 371 g/mol. The van der Waals surface area contributed by atoms with E-state index in [9.17, 15) is 35.5 Å². The molecule has 1 amide bonds. The molecule has 140 valence electrons. The molecule has 0 aliphatic carbocycles. The minimum Gasteiger partial charge on any atom is -0.348 e. The summed E-state index contributed by atoms with van der Waals surface area (Å²) in [4.78, 5) is 15.4. The molecule has 0 radical (unpaired) electrons. The van der Waals surface area contributed by atoms with Crippen molar-refractivity contribution in [3.05, 3.63) is 60.2 Å². The van der Waals surface area contributed by atoms with Gasteiger partial charge < -0.3 is 10.6 Å². The van der Waals surface area contributed by atoms with Crippen molar-refractivity contribution in [2.24, 2.45) is 0 Å². The van der Waals surface area contributed by atoms with Gasteiger partial charge in [-0.25, -0.2) is 4.39 Å². The number of nitrogens with one attached hydrogen (secondary N) is 2. The lowest BCUT2D eigenvalue weighted by atomic mass is 10.1. The van der Waals surface area contributed by atoms with E-state index >= 15 is 0 Å². The van der Waals surface area contributed by atoms with Crippen LogP contribution in [0.4, 0.5) is 36.4 Å². The highest BCUT2D eigenvalue weighted by atomic mass is 19.4. The number of pyridine rings is 1. The fourth-order valence-corrected chi connectivity index (χ4v) is 2.00. The van der Waals surface area contributed by atoms with Gasteiger partial charge in [-0.2, -0.15) is 26.3 Å². The molecule has 0 atom stereocenters. The van der Waals surface area contributed by atoms with Crippen LogP contribution in [0.3, 0.4) is 0 Å². The molecule has 11 heteroatoms.